The van der Waals surface area contributed by atoms with Crippen LogP contribution in [0.1, 0.15) is 13.3 Å². The Balaban J connectivity index is 2.01. The maximum absolute atomic E-state index is 13.2. The van der Waals surface area contributed by atoms with E-state index in [4.69, 9.17) is 16.3 Å². The number of carbonyl (C=O) groups excluding carboxylic acids is 1. The Hall–Kier alpha value is -1.84. The maximum Gasteiger partial charge on any atom is 0.343 e. The van der Waals surface area contributed by atoms with Gasteiger partial charge in [-0.05, 0) is 31.5 Å². The number of hydrogen-bond acceptors (Lipinski definition) is 5. The number of H-pyrrole nitrogens is 1. The number of aromatic amines is 1. The first-order valence-electron chi connectivity index (χ1n) is 7.49. The molecule has 0 radical (unpaired) electrons. The molecule has 1 aromatic carbocycles. The Labute approximate surface area is 152 Å². The van der Waals surface area contributed by atoms with E-state index in [1.54, 1.807) is 14.0 Å². The minimum Gasteiger partial charge on any atom is -0.385 e. The van der Waals surface area contributed by atoms with E-state index in [1.165, 1.54) is 22.8 Å². The molecular formula is C15H18ClFN4O3S. The normalized spacial score (nSPS) is 12.2. The molecule has 0 saturated heterocycles. The zero-order chi connectivity index (χ0) is 18.4. The van der Waals surface area contributed by atoms with E-state index in [-0.39, 0.29) is 16.6 Å². The summed E-state index contributed by atoms with van der Waals surface area (Å²) in [6.45, 7) is 2.64. The number of benzene rings is 1. The zero-order valence-corrected chi connectivity index (χ0v) is 15.3. The molecule has 0 aliphatic rings. The van der Waals surface area contributed by atoms with Gasteiger partial charge in [-0.3, -0.25) is 9.36 Å². The first-order valence-corrected chi connectivity index (χ1v) is 8.75. The molecule has 1 unspecified atom stereocenters. The quantitative estimate of drug-likeness (QED) is 0.535. The lowest BCUT2D eigenvalue weighted by atomic mass is 10.3. The lowest BCUT2D eigenvalue weighted by Gasteiger charge is -2.12. The number of carbonyl (C=O) groups is 1. The summed E-state index contributed by atoms with van der Waals surface area (Å²) in [4.78, 5) is 24.1. The third-order valence-electron chi connectivity index (χ3n) is 3.29. The van der Waals surface area contributed by atoms with E-state index in [0.29, 0.717) is 30.4 Å². The summed E-state index contributed by atoms with van der Waals surface area (Å²) in [6.07, 6.45) is 0.651. The van der Waals surface area contributed by atoms with Crippen LogP contribution in [0, 0.1) is 5.82 Å². The summed E-state index contributed by atoms with van der Waals surface area (Å²) < 4.78 is 19.6. The van der Waals surface area contributed by atoms with E-state index < -0.39 is 11.1 Å². The predicted octanol–water partition coefficient (Wildman–Crippen LogP) is 2.52. The second-order valence-corrected chi connectivity index (χ2v) is 6.90. The van der Waals surface area contributed by atoms with E-state index in [1.807, 2.05) is 0 Å². The van der Waals surface area contributed by atoms with Gasteiger partial charge >= 0.3 is 5.69 Å². The Bertz CT molecular complexity index is 795. The highest BCUT2D eigenvalue weighted by Gasteiger charge is 2.19. The van der Waals surface area contributed by atoms with Gasteiger partial charge in [-0.25, -0.2) is 14.3 Å². The summed E-state index contributed by atoms with van der Waals surface area (Å²) in [5.41, 5.74) is 0.0555. The lowest BCUT2D eigenvalue weighted by Crippen LogP contribution is -2.24. The molecule has 0 saturated carbocycles. The van der Waals surface area contributed by atoms with E-state index >= 15 is 0 Å². The van der Waals surface area contributed by atoms with Crippen molar-refractivity contribution >= 4 is 35.0 Å². The molecular weight excluding hydrogens is 371 g/mol. The van der Waals surface area contributed by atoms with Crippen molar-refractivity contribution in [2.75, 3.05) is 19.0 Å². The third kappa shape index (κ3) is 5.32. The van der Waals surface area contributed by atoms with E-state index in [0.717, 1.165) is 11.8 Å². The summed E-state index contributed by atoms with van der Waals surface area (Å²) in [5, 5.41) is 8.79. The summed E-state index contributed by atoms with van der Waals surface area (Å²) in [6, 6.07) is 3.93. The number of ether oxygens (including phenoxy) is 1. The fourth-order valence-electron chi connectivity index (χ4n) is 1.99. The van der Waals surface area contributed by atoms with Crippen molar-refractivity contribution in [3.8, 4) is 0 Å². The van der Waals surface area contributed by atoms with E-state index in [9.17, 15) is 14.0 Å². The SMILES string of the molecule is COCCCn1c(SC(C)C(=O)Nc2ccc(F)c(Cl)c2)n[nH]c1=O. The molecule has 0 bridgehead atoms. The number of methoxy groups -OCH3 is 1. The highest BCUT2D eigenvalue weighted by molar-refractivity contribution is 8.00. The summed E-state index contributed by atoms with van der Waals surface area (Å²) >= 11 is 6.84. The molecule has 0 spiro atoms. The second kappa shape index (κ2) is 9.02. The van der Waals surface area contributed by atoms with Gasteiger partial charge in [-0.1, -0.05) is 23.4 Å². The lowest BCUT2D eigenvalue weighted by molar-refractivity contribution is -0.115. The van der Waals surface area contributed by atoms with Crippen LogP contribution in [-0.4, -0.2) is 39.6 Å². The van der Waals surface area contributed by atoms with Crippen LogP contribution in [0.4, 0.5) is 10.1 Å². The number of rotatable bonds is 8. The number of nitrogens with zero attached hydrogens (tertiary/aromatic N) is 2. The number of anilines is 1. The number of aromatic nitrogens is 3. The number of halogens is 2. The highest BCUT2D eigenvalue weighted by Crippen LogP contribution is 2.23. The molecule has 1 atom stereocenters. The first kappa shape index (κ1) is 19.5. The van der Waals surface area contributed by atoms with Crippen LogP contribution >= 0.6 is 23.4 Å². The number of nitrogens with one attached hydrogen (secondary N) is 2. The van der Waals surface area contributed by atoms with Gasteiger partial charge in [-0.15, -0.1) is 5.10 Å². The number of amides is 1. The largest absolute Gasteiger partial charge is 0.385 e. The number of thioether (sulfide) groups is 1. The monoisotopic (exact) mass is 388 g/mol. The molecule has 1 amide bonds. The highest BCUT2D eigenvalue weighted by atomic mass is 35.5. The minimum atomic E-state index is -0.557. The first-order chi connectivity index (χ1) is 11.9. The molecule has 0 aliphatic carbocycles. The van der Waals surface area contributed by atoms with Crippen LogP contribution in [0.25, 0.3) is 0 Å². The van der Waals surface area contributed by atoms with Crippen LogP contribution in [0.3, 0.4) is 0 Å². The molecule has 1 aromatic heterocycles. The molecule has 1 heterocycles. The molecule has 2 aromatic rings. The molecule has 0 fully saturated rings. The minimum absolute atomic E-state index is 0.0719. The Kier molecular flexibility index (Phi) is 7.03. The van der Waals surface area contributed by atoms with Crippen molar-refractivity contribution in [2.45, 2.75) is 30.3 Å². The van der Waals surface area contributed by atoms with Gasteiger partial charge < -0.3 is 10.1 Å². The molecule has 2 rings (SSSR count). The predicted molar refractivity (Wildman–Crippen MR) is 94.7 cm³/mol. The van der Waals surface area contributed by atoms with Gasteiger partial charge in [-0.2, -0.15) is 0 Å². The van der Waals surface area contributed by atoms with Crippen molar-refractivity contribution in [3.63, 3.8) is 0 Å². The standard InChI is InChI=1S/C15H18ClFN4O3S/c1-9(13(22)18-10-4-5-12(17)11(16)8-10)25-15-20-19-14(23)21(15)6-3-7-24-2/h4-5,8-9H,3,6-7H2,1-2H3,(H,18,22)(H,19,23). The van der Waals surface area contributed by atoms with Crippen molar-refractivity contribution < 1.29 is 13.9 Å². The third-order valence-corrected chi connectivity index (χ3v) is 4.67. The molecule has 136 valence electrons. The summed E-state index contributed by atoms with van der Waals surface area (Å²) in [5.74, 6) is -0.870. The average molecular weight is 389 g/mol. The Morgan fingerprint density at radius 1 is 1.56 bits per heavy atom. The molecule has 10 heteroatoms. The maximum atomic E-state index is 13.2. The van der Waals surface area contributed by atoms with Gasteiger partial charge in [0.05, 0.1) is 10.3 Å². The van der Waals surface area contributed by atoms with Gasteiger partial charge in [0.1, 0.15) is 5.82 Å². The van der Waals surface area contributed by atoms with Crippen LogP contribution in [0.15, 0.2) is 28.2 Å². The number of hydrogen-bond donors (Lipinski definition) is 2. The van der Waals surface area contributed by atoms with Gasteiger partial charge in [0, 0.05) is 25.9 Å². The van der Waals surface area contributed by atoms with Gasteiger partial charge in [0.25, 0.3) is 0 Å². The Morgan fingerprint density at radius 2 is 2.32 bits per heavy atom. The van der Waals surface area contributed by atoms with Crippen molar-refractivity contribution in [3.05, 3.63) is 39.5 Å². The molecule has 7 nitrogen and oxygen atoms in total. The Morgan fingerprint density at radius 3 is 3.00 bits per heavy atom. The van der Waals surface area contributed by atoms with Gasteiger partial charge in [0.2, 0.25) is 5.91 Å². The topological polar surface area (TPSA) is 89.0 Å². The van der Waals surface area contributed by atoms with Gasteiger partial charge in [0.15, 0.2) is 5.16 Å². The molecule has 0 aliphatic heterocycles. The van der Waals surface area contributed by atoms with Crippen molar-refractivity contribution in [1.82, 2.24) is 14.8 Å². The fraction of sp³-hybridized carbons (Fsp3) is 0.400. The van der Waals surface area contributed by atoms with Crippen LogP contribution < -0.4 is 11.0 Å². The zero-order valence-electron chi connectivity index (χ0n) is 13.7. The average Bonchev–Trinajstić information content (AvgIpc) is 2.91. The second-order valence-electron chi connectivity index (χ2n) is 5.19. The molecule has 25 heavy (non-hydrogen) atoms. The van der Waals surface area contributed by atoms with Crippen LogP contribution in [0.2, 0.25) is 5.02 Å². The van der Waals surface area contributed by atoms with Crippen molar-refractivity contribution in [2.24, 2.45) is 0 Å². The molecule has 2 N–H and O–H groups in total. The van der Waals surface area contributed by atoms with Crippen LogP contribution in [0.5, 0.6) is 0 Å². The fourth-order valence-corrected chi connectivity index (χ4v) is 3.05. The van der Waals surface area contributed by atoms with E-state index in [2.05, 4.69) is 15.5 Å². The smallest absolute Gasteiger partial charge is 0.343 e. The van der Waals surface area contributed by atoms with Crippen molar-refractivity contribution in [1.29, 1.82) is 0 Å². The van der Waals surface area contributed by atoms with Crippen LogP contribution in [-0.2, 0) is 16.1 Å². The summed E-state index contributed by atoms with van der Waals surface area (Å²) in [7, 11) is 1.59.